The molecule has 0 heterocycles. The highest BCUT2D eigenvalue weighted by Gasteiger charge is 2.03. The predicted molar refractivity (Wildman–Crippen MR) is 49.0 cm³/mol. The van der Waals surface area contributed by atoms with Gasteiger partial charge in [0.05, 0.1) is 7.11 Å². The third kappa shape index (κ3) is 2.47. The summed E-state index contributed by atoms with van der Waals surface area (Å²) in [5.41, 5.74) is -0.182. The third-order valence-electron chi connectivity index (χ3n) is 1.44. The quantitative estimate of drug-likeness (QED) is 0.776. The van der Waals surface area contributed by atoms with Gasteiger partial charge in [-0.05, 0) is 24.5 Å². The van der Waals surface area contributed by atoms with E-state index < -0.39 is 19.0 Å². The molecule has 0 aliphatic heterocycles. The highest BCUT2D eigenvalue weighted by Crippen LogP contribution is 2.26. The van der Waals surface area contributed by atoms with Crippen LogP contribution < -0.4 is 4.74 Å². The van der Waals surface area contributed by atoms with E-state index in [1.165, 1.54) is 7.11 Å². The molecule has 0 radical (unpaired) electrons. The second-order valence-electron chi connectivity index (χ2n) is 2.34. The second kappa shape index (κ2) is 3.94. The van der Waals surface area contributed by atoms with Gasteiger partial charge in [0.2, 0.25) is 0 Å². The number of carbonyl (C=O) groups is 1. The number of aromatic hydroxyl groups is 1. The smallest absolute Gasteiger partial charge is 0.160 e. The first-order valence-electron chi connectivity index (χ1n) is 6.03. The molecule has 1 rings (SSSR count). The minimum Gasteiger partial charge on any atom is -0.504 e. The molecule has 0 atom stereocenters. The number of hydrogen-bond donors (Lipinski definition) is 1. The predicted octanol–water partition coefficient (Wildman–Crippen LogP) is 1.53. The van der Waals surface area contributed by atoms with Gasteiger partial charge in [0.1, 0.15) is 5.78 Å². The number of Topliss-reactive ketones (excluding diaryl/α,β-unsaturated/α-hetero) is 1. The van der Waals surface area contributed by atoms with Crippen molar-refractivity contribution in [2.24, 2.45) is 0 Å². The van der Waals surface area contributed by atoms with E-state index in [9.17, 15) is 9.90 Å². The first-order chi connectivity index (χ1) is 8.10. The fourth-order valence-corrected chi connectivity index (χ4v) is 0.886. The molecule has 0 aromatic heterocycles. The van der Waals surface area contributed by atoms with Crippen molar-refractivity contribution in [2.45, 2.75) is 13.2 Å². The summed E-state index contributed by atoms with van der Waals surface area (Å²) < 4.78 is 40.8. The lowest BCUT2D eigenvalue weighted by atomic mass is 10.1. The van der Waals surface area contributed by atoms with Crippen molar-refractivity contribution in [2.75, 3.05) is 7.11 Å². The molecule has 1 aromatic rings. The molecule has 0 aliphatic rings. The summed E-state index contributed by atoms with van der Waals surface area (Å²) in [7, 11) is 1.26. The van der Waals surface area contributed by atoms with E-state index in [1.54, 1.807) is 0 Å². The highest BCUT2D eigenvalue weighted by molar-refractivity contribution is 5.78. The molecule has 0 spiro atoms. The Morgan fingerprint density at radius 3 is 3.15 bits per heavy atom. The average Bonchev–Trinajstić information content (AvgIpc) is 2.27. The molecule has 0 amide bonds. The minimum absolute atomic E-state index is 0.0327. The van der Waals surface area contributed by atoms with Crippen LogP contribution in [0.15, 0.2) is 18.2 Å². The Hall–Kier alpha value is -1.51. The van der Waals surface area contributed by atoms with Gasteiger partial charge in [-0.1, -0.05) is 6.07 Å². The van der Waals surface area contributed by atoms with Gasteiger partial charge in [0.15, 0.2) is 11.5 Å². The number of methoxy groups -OCH3 is 1. The van der Waals surface area contributed by atoms with E-state index >= 15 is 0 Å². The average molecular weight is 185 g/mol. The van der Waals surface area contributed by atoms with Crippen molar-refractivity contribution < 1.29 is 21.5 Å². The number of ether oxygens (including phenoxy) is 1. The summed E-state index contributed by atoms with van der Waals surface area (Å²) in [6.07, 6.45) is -2.67. The number of rotatable bonds is 3. The van der Waals surface area contributed by atoms with Gasteiger partial charge in [-0.2, -0.15) is 0 Å². The number of benzene rings is 1. The van der Waals surface area contributed by atoms with Gasteiger partial charge in [-0.15, -0.1) is 0 Å². The van der Waals surface area contributed by atoms with Crippen LogP contribution in [0, 0.1) is 0 Å². The van der Waals surface area contributed by atoms with E-state index in [4.69, 9.17) is 11.6 Å². The summed E-state index contributed by atoms with van der Waals surface area (Å²) in [5.74, 6) is -1.77. The molecule has 0 saturated carbocycles. The van der Waals surface area contributed by atoms with Crippen LogP contribution in [0.3, 0.4) is 0 Å². The Labute approximate surface area is 84.0 Å². The van der Waals surface area contributed by atoms with Gasteiger partial charge >= 0.3 is 0 Å². The van der Waals surface area contributed by atoms with Crippen LogP contribution in [0.25, 0.3) is 0 Å². The SMILES string of the molecule is [2H]C([2H])([2H])C(=O)C([2H])([2H])c1ccc(O)c(OC)c1. The molecular formula is C10H12O3. The molecular weight excluding hydrogens is 168 g/mol. The Kier molecular flexibility index (Phi) is 1.41. The van der Waals surface area contributed by atoms with Gasteiger partial charge in [0.25, 0.3) is 0 Å². The van der Waals surface area contributed by atoms with E-state index in [2.05, 4.69) is 0 Å². The van der Waals surface area contributed by atoms with Crippen molar-refractivity contribution in [3.05, 3.63) is 23.8 Å². The van der Waals surface area contributed by atoms with Crippen LogP contribution in [0.2, 0.25) is 0 Å². The third-order valence-corrected chi connectivity index (χ3v) is 1.44. The summed E-state index contributed by atoms with van der Waals surface area (Å²) in [6, 6.07) is 3.37. The zero-order valence-electron chi connectivity index (χ0n) is 12.0. The summed E-state index contributed by atoms with van der Waals surface area (Å²) in [5, 5.41) is 9.36. The van der Waals surface area contributed by atoms with Crippen LogP contribution in [0.1, 0.15) is 19.3 Å². The summed E-state index contributed by atoms with van der Waals surface area (Å²) >= 11 is 0. The standard InChI is InChI=1S/C10H12O3/c1-7(11)5-8-3-4-9(12)10(6-8)13-2/h3-4,6,12H,5H2,1-2H3/i1D3,5D2. The first-order valence-corrected chi connectivity index (χ1v) is 3.53. The summed E-state index contributed by atoms with van der Waals surface area (Å²) in [4.78, 5) is 11.5. The minimum atomic E-state index is -3.03. The van der Waals surface area contributed by atoms with Crippen LogP contribution in [0.4, 0.5) is 0 Å². The molecule has 13 heavy (non-hydrogen) atoms. The molecule has 70 valence electrons. The van der Waals surface area contributed by atoms with Crippen LogP contribution in [-0.4, -0.2) is 18.0 Å². The molecule has 0 saturated heterocycles. The Morgan fingerprint density at radius 1 is 1.77 bits per heavy atom. The van der Waals surface area contributed by atoms with E-state index in [1.807, 2.05) is 0 Å². The monoisotopic (exact) mass is 185 g/mol. The zero-order chi connectivity index (χ0) is 14.1. The summed E-state index contributed by atoms with van der Waals surface area (Å²) in [6.45, 7) is -3.03. The van der Waals surface area contributed by atoms with E-state index in [-0.39, 0.29) is 17.1 Å². The van der Waals surface area contributed by atoms with Crippen LogP contribution >= 0.6 is 0 Å². The van der Waals surface area contributed by atoms with Crippen molar-refractivity contribution in [3.63, 3.8) is 0 Å². The largest absolute Gasteiger partial charge is 0.504 e. The fourth-order valence-electron chi connectivity index (χ4n) is 0.886. The van der Waals surface area contributed by atoms with Gasteiger partial charge in [0, 0.05) is 13.2 Å². The van der Waals surface area contributed by atoms with Crippen molar-refractivity contribution >= 4 is 5.78 Å². The number of hydrogen-bond acceptors (Lipinski definition) is 3. The molecule has 3 nitrogen and oxygen atoms in total. The first kappa shape index (κ1) is 4.65. The number of ketones is 1. The van der Waals surface area contributed by atoms with E-state index in [0.29, 0.717) is 0 Å². The second-order valence-corrected chi connectivity index (χ2v) is 2.34. The van der Waals surface area contributed by atoms with Gasteiger partial charge in [-0.3, -0.25) is 4.79 Å². The lowest BCUT2D eigenvalue weighted by Gasteiger charge is -2.04. The molecule has 3 heteroatoms. The maximum atomic E-state index is 11.5. The Bertz CT molecular complexity index is 467. The molecule has 1 N–H and O–H groups in total. The number of carbonyl (C=O) groups excluding carboxylic acids is 1. The molecule has 0 unspecified atom stereocenters. The fraction of sp³-hybridized carbons (Fsp3) is 0.300. The Morgan fingerprint density at radius 2 is 2.54 bits per heavy atom. The maximum absolute atomic E-state index is 11.5. The molecule has 0 aliphatic carbocycles. The van der Waals surface area contributed by atoms with Crippen LogP contribution in [0.5, 0.6) is 11.5 Å². The van der Waals surface area contributed by atoms with E-state index in [0.717, 1.165) is 18.2 Å². The lowest BCUT2D eigenvalue weighted by Crippen LogP contribution is -1.96. The molecule has 1 aromatic carbocycles. The van der Waals surface area contributed by atoms with Crippen molar-refractivity contribution in [1.29, 1.82) is 0 Å². The van der Waals surface area contributed by atoms with Crippen molar-refractivity contribution in [1.82, 2.24) is 0 Å². The number of phenolic OH excluding ortho intramolecular Hbond substituents is 1. The Balaban J connectivity index is 3.24. The van der Waals surface area contributed by atoms with Gasteiger partial charge in [-0.25, -0.2) is 0 Å². The lowest BCUT2D eigenvalue weighted by molar-refractivity contribution is -0.116. The number of phenols is 1. The van der Waals surface area contributed by atoms with Crippen LogP contribution in [-0.2, 0) is 11.2 Å². The maximum Gasteiger partial charge on any atom is 0.160 e. The zero-order valence-corrected chi connectivity index (χ0v) is 7.00. The van der Waals surface area contributed by atoms with Crippen molar-refractivity contribution in [3.8, 4) is 11.5 Å². The van der Waals surface area contributed by atoms with Gasteiger partial charge < -0.3 is 9.84 Å². The normalized spacial score (nSPS) is 17.5. The molecule has 0 bridgehead atoms. The highest BCUT2D eigenvalue weighted by atomic mass is 16.5. The molecule has 0 fully saturated rings. The topological polar surface area (TPSA) is 46.5 Å².